The van der Waals surface area contributed by atoms with E-state index in [1.54, 1.807) is 0 Å². The van der Waals surface area contributed by atoms with Gasteiger partial charge in [0.15, 0.2) is 0 Å². The number of nitrogens with two attached hydrogens (primary N) is 1. The first-order chi connectivity index (χ1) is 9.31. The summed E-state index contributed by atoms with van der Waals surface area (Å²) >= 11 is 1.50. The van der Waals surface area contributed by atoms with Crippen LogP contribution in [0.3, 0.4) is 0 Å². The van der Waals surface area contributed by atoms with E-state index in [4.69, 9.17) is 10.5 Å². The van der Waals surface area contributed by atoms with E-state index < -0.39 is 0 Å². The van der Waals surface area contributed by atoms with Crippen LogP contribution in [0, 0.1) is 0 Å². The highest BCUT2D eigenvalue weighted by molar-refractivity contribution is 7.13. The molecular formula is C15H13IN2OS. The minimum Gasteiger partial charge on any atom is -1.00 e. The molecule has 20 heavy (non-hydrogen) atoms. The Morgan fingerprint density at radius 2 is 1.55 bits per heavy atom. The smallest absolute Gasteiger partial charge is 0.329 e. The predicted molar refractivity (Wildman–Crippen MR) is 77.2 cm³/mol. The zero-order valence-corrected chi connectivity index (χ0v) is 13.5. The summed E-state index contributed by atoms with van der Waals surface area (Å²) < 4.78 is 5.74. The molecule has 2 aromatic carbocycles. The Kier molecular flexibility index (Phi) is 4.97. The largest absolute Gasteiger partial charge is 1.00 e. The molecule has 0 aliphatic heterocycles. The molecule has 0 fully saturated rings. The Hall–Kier alpha value is -1.60. The molecule has 0 radical (unpaired) electrons. The van der Waals surface area contributed by atoms with Crippen molar-refractivity contribution in [3.05, 3.63) is 60.0 Å². The van der Waals surface area contributed by atoms with Crippen LogP contribution in [0.2, 0.25) is 0 Å². The van der Waals surface area contributed by atoms with Crippen molar-refractivity contribution < 1.29 is 33.7 Å². The van der Waals surface area contributed by atoms with Gasteiger partial charge in [-0.2, -0.15) is 0 Å². The number of thiazole rings is 1. The van der Waals surface area contributed by atoms with Crippen LogP contribution in [0.5, 0.6) is 11.5 Å². The van der Waals surface area contributed by atoms with Gasteiger partial charge in [0.05, 0.1) is 0 Å². The van der Waals surface area contributed by atoms with Gasteiger partial charge in [-0.3, -0.25) is 5.73 Å². The topological polar surface area (TPSA) is 49.4 Å². The Labute approximate surface area is 138 Å². The van der Waals surface area contributed by atoms with Gasteiger partial charge < -0.3 is 28.7 Å². The van der Waals surface area contributed by atoms with E-state index >= 15 is 0 Å². The third kappa shape index (κ3) is 3.49. The number of anilines is 1. The van der Waals surface area contributed by atoms with Crippen molar-refractivity contribution in [2.45, 2.75) is 0 Å². The maximum atomic E-state index is 5.74. The molecular weight excluding hydrogens is 383 g/mol. The van der Waals surface area contributed by atoms with E-state index in [1.165, 1.54) is 11.3 Å². The molecule has 0 bridgehead atoms. The maximum absolute atomic E-state index is 5.74. The van der Waals surface area contributed by atoms with Gasteiger partial charge in [-0.05, 0) is 36.4 Å². The van der Waals surface area contributed by atoms with Crippen LogP contribution in [-0.2, 0) is 0 Å². The molecule has 3 N–H and O–H groups in total. The van der Waals surface area contributed by atoms with Crippen LogP contribution >= 0.6 is 11.3 Å². The highest BCUT2D eigenvalue weighted by Crippen LogP contribution is 2.25. The van der Waals surface area contributed by atoms with Crippen molar-refractivity contribution in [3.63, 3.8) is 0 Å². The second-order valence-corrected chi connectivity index (χ2v) is 4.99. The van der Waals surface area contributed by atoms with Crippen LogP contribution in [0.4, 0.5) is 5.13 Å². The van der Waals surface area contributed by atoms with Gasteiger partial charge in [-0.15, -0.1) is 0 Å². The normalized spacial score (nSPS) is 9.80. The lowest BCUT2D eigenvalue weighted by molar-refractivity contribution is -0.340. The minimum atomic E-state index is 0. The number of benzene rings is 2. The lowest BCUT2D eigenvalue weighted by atomic mass is 10.2. The number of rotatable bonds is 3. The van der Waals surface area contributed by atoms with Gasteiger partial charge in [0.2, 0.25) is 0 Å². The SMILES string of the molecule is Nc1[nH+]c(-c2ccc(Oc3ccccc3)cc2)cs1.[I-]. The molecule has 0 spiro atoms. The Balaban J connectivity index is 0.00000147. The lowest BCUT2D eigenvalue weighted by Gasteiger charge is -2.05. The molecule has 3 rings (SSSR count). The van der Waals surface area contributed by atoms with E-state index in [1.807, 2.05) is 60.0 Å². The quantitative estimate of drug-likeness (QED) is 0.660. The summed E-state index contributed by atoms with van der Waals surface area (Å²) in [6, 6.07) is 17.6. The number of halogens is 1. The molecule has 0 saturated carbocycles. The Morgan fingerprint density at radius 1 is 0.900 bits per heavy atom. The zero-order chi connectivity index (χ0) is 13.1. The summed E-state index contributed by atoms with van der Waals surface area (Å²) in [5.41, 5.74) is 7.80. The molecule has 0 aliphatic carbocycles. The fourth-order valence-corrected chi connectivity index (χ4v) is 2.39. The standard InChI is InChI=1S/C15H12N2OS.HI/c16-15-17-14(10-19-15)11-6-8-13(9-7-11)18-12-4-2-1-3-5-12;/h1-10H,(H2,16,17);1H. The number of para-hydroxylation sites is 1. The fraction of sp³-hybridized carbons (Fsp3) is 0. The van der Waals surface area contributed by atoms with E-state index in [2.05, 4.69) is 4.98 Å². The monoisotopic (exact) mass is 396 g/mol. The number of H-pyrrole nitrogens is 1. The van der Waals surface area contributed by atoms with Crippen molar-refractivity contribution in [1.29, 1.82) is 0 Å². The molecule has 1 heterocycles. The van der Waals surface area contributed by atoms with E-state index in [9.17, 15) is 0 Å². The summed E-state index contributed by atoms with van der Waals surface area (Å²) in [6.45, 7) is 0. The summed E-state index contributed by atoms with van der Waals surface area (Å²) in [6.07, 6.45) is 0. The number of hydrogen-bond donors (Lipinski definition) is 1. The highest BCUT2D eigenvalue weighted by atomic mass is 127. The second kappa shape index (κ2) is 6.71. The second-order valence-electron chi connectivity index (χ2n) is 4.08. The highest BCUT2D eigenvalue weighted by Gasteiger charge is 2.06. The molecule has 0 aliphatic rings. The van der Waals surface area contributed by atoms with Crippen molar-refractivity contribution >= 4 is 16.5 Å². The molecule has 3 aromatic rings. The first-order valence-electron chi connectivity index (χ1n) is 5.91. The Bertz CT molecular complexity index is 668. The summed E-state index contributed by atoms with van der Waals surface area (Å²) in [4.78, 5) is 3.12. The summed E-state index contributed by atoms with van der Waals surface area (Å²) in [7, 11) is 0. The van der Waals surface area contributed by atoms with Crippen LogP contribution in [0.15, 0.2) is 60.0 Å². The van der Waals surface area contributed by atoms with Crippen molar-refractivity contribution in [1.82, 2.24) is 0 Å². The number of hydrogen-bond acceptors (Lipinski definition) is 3. The molecule has 0 unspecified atom stereocenters. The summed E-state index contributed by atoms with van der Waals surface area (Å²) in [5.74, 6) is 1.65. The van der Waals surface area contributed by atoms with E-state index in [-0.39, 0.29) is 24.0 Å². The third-order valence-corrected chi connectivity index (χ3v) is 3.42. The zero-order valence-electron chi connectivity index (χ0n) is 10.5. The molecule has 0 atom stereocenters. The molecule has 102 valence electrons. The van der Waals surface area contributed by atoms with Crippen LogP contribution in [0.1, 0.15) is 0 Å². The van der Waals surface area contributed by atoms with Crippen LogP contribution < -0.4 is 39.4 Å². The first-order valence-corrected chi connectivity index (χ1v) is 6.79. The molecule has 0 amide bonds. The van der Waals surface area contributed by atoms with Gasteiger partial charge >= 0.3 is 5.13 Å². The van der Waals surface area contributed by atoms with Crippen molar-refractivity contribution in [2.75, 3.05) is 5.73 Å². The molecule has 1 aromatic heterocycles. The maximum Gasteiger partial charge on any atom is 0.329 e. The number of aromatic nitrogens is 1. The number of nitrogens with one attached hydrogen (secondary N) is 1. The van der Waals surface area contributed by atoms with Gasteiger partial charge in [-0.25, -0.2) is 4.98 Å². The van der Waals surface area contributed by atoms with Crippen LogP contribution in [-0.4, -0.2) is 0 Å². The average molecular weight is 396 g/mol. The van der Waals surface area contributed by atoms with Gasteiger partial charge in [-0.1, -0.05) is 29.5 Å². The van der Waals surface area contributed by atoms with E-state index in [0.717, 1.165) is 22.8 Å². The molecule has 3 nitrogen and oxygen atoms in total. The molecule has 5 heteroatoms. The number of ether oxygens (including phenoxy) is 1. The van der Waals surface area contributed by atoms with E-state index in [0.29, 0.717) is 5.13 Å². The number of nitrogen functional groups attached to an aromatic ring is 1. The fourth-order valence-electron chi connectivity index (χ4n) is 1.78. The van der Waals surface area contributed by atoms with Gasteiger partial charge in [0.25, 0.3) is 0 Å². The Morgan fingerprint density at radius 3 is 2.15 bits per heavy atom. The third-order valence-electron chi connectivity index (χ3n) is 2.71. The average Bonchev–Trinajstić information content (AvgIpc) is 2.87. The van der Waals surface area contributed by atoms with Crippen molar-refractivity contribution in [3.8, 4) is 22.8 Å². The minimum absolute atomic E-state index is 0. The van der Waals surface area contributed by atoms with Crippen molar-refractivity contribution in [2.24, 2.45) is 0 Å². The molecule has 0 saturated heterocycles. The van der Waals surface area contributed by atoms with Crippen LogP contribution in [0.25, 0.3) is 11.3 Å². The van der Waals surface area contributed by atoms with Gasteiger partial charge in [0.1, 0.15) is 17.2 Å². The predicted octanol–water partition coefficient (Wildman–Crippen LogP) is 0.608. The van der Waals surface area contributed by atoms with Gasteiger partial charge in [0, 0.05) is 10.9 Å². The lowest BCUT2D eigenvalue weighted by Crippen LogP contribution is -3.00. The first kappa shape index (κ1) is 14.8. The summed E-state index contributed by atoms with van der Waals surface area (Å²) in [5, 5.41) is 2.71. The number of aromatic amines is 1.